The van der Waals surface area contributed by atoms with E-state index in [4.69, 9.17) is 6.57 Å². The van der Waals surface area contributed by atoms with Gasteiger partial charge in [-0.2, -0.15) is 0 Å². The summed E-state index contributed by atoms with van der Waals surface area (Å²) in [4.78, 5) is 3.94. The lowest BCUT2D eigenvalue weighted by Gasteiger charge is -2.20. The third-order valence-electron chi connectivity index (χ3n) is 11.2. The molecule has 0 unspecified atom stereocenters. The zero-order chi connectivity index (χ0) is 35.0. The highest BCUT2D eigenvalue weighted by Crippen LogP contribution is 2.50. The Hall–Kier alpha value is -7.21. The van der Waals surface area contributed by atoms with E-state index in [1.807, 2.05) is 6.07 Å². The Morgan fingerprint density at radius 2 is 0.774 bits per heavy atom. The van der Waals surface area contributed by atoms with Gasteiger partial charge in [-0.25, -0.2) is 4.85 Å². The van der Waals surface area contributed by atoms with Gasteiger partial charge >= 0.3 is 0 Å². The second-order valence-electron chi connectivity index (χ2n) is 13.8. The van der Waals surface area contributed by atoms with Crippen LogP contribution < -0.4 is 0 Å². The first-order chi connectivity index (χ1) is 26.3. The summed E-state index contributed by atoms with van der Waals surface area (Å²) in [5.74, 6) is 0. The van der Waals surface area contributed by atoms with Crippen molar-refractivity contribution in [1.29, 1.82) is 0 Å². The molecule has 0 aliphatic heterocycles. The van der Waals surface area contributed by atoms with Gasteiger partial charge in [0.05, 0.1) is 17.6 Å². The van der Waals surface area contributed by atoms with Crippen molar-refractivity contribution in [2.24, 2.45) is 0 Å². The molecule has 0 atom stereocenters. The maximum atomic E-state index is 8.00. The molecular weight excluding hydrogens is 641 g/mol. The number of rotatable bonds is 4. The third kappa shape index (κ3) is 4.20. The molecule has 0 spiro atoms. The van der Waals surface area contributed by atoms with E-state index in [0.29, 0.717) is 5.69 Å². The molecular formula is C51H30N2. The monoisotopic (exact) mass is 670 g/mol. The summed E-state index contributed by atoms with van der Waals surface area (Å²) in [6.07, 6.45) is 0. The Kier molecular flexibility index (Phi) is 6.35. The van der Waals surface area contributed by atoms with E-state index in [9.17, 15) is 0 Å². The minimum Gasteiger partial charge on any atom is -0.309 e. The van der Waals surface area contributed by atoms with Crippen molar-refractivity contribution in [2.75, 3.05) is 0 Å². The number of benzene rings is 10. The standard InChI is InChI=1S/C51H30N2/c1-52-45-29-31-47-51-44(45)27-26-43-42(28-30-46(50(43)51)53(47)33-16-6-3-7-17-33)49-39-22-12-10-20-37(39)48(38-21-11-13-23-40(38)49)41-25-24-34(32-14-4-2-5-15-32)35-18-8-9-19-36(35)41/h2-31H. The molecule has 0 radical (unpaired) electrons. The van der Waals surface area contributed by atoms with Crippen LogP contribution in [-0.4, -0.2) is 4.57 Å². The van der Waals surface area contributed by atoms with E-state index in [1.54, 1.807) is 0 Å². The smallest absolute Gasteiger partial charge is 0.195 e. The van der Waals surface area contributed by atoms with Gasteiger partial charge in [-0.3, -0.25) is 0 Å². The average molecular weight is 671 g/mol. The molecule has 11 rings (SSSR count). The van der Waals surface area contributed by atoms with Gasteiger partial charge in [0.2, 0.25) is 0 Å². The van der Waals surface area contributed by atoms with Crippen LogP contribution >= 0.6 is 0 Å². The number of hydrogen-bond acceptors (Lipinski definition) is 0. The highest BCUT2D eigenvalue weighted by molar-refractivity contribution is 6.31. The van der Waals surface area contributed by atoms with Crippen molar-refractivity contribution in [3.05, 3.63) is 193 Å². The van der Waals surface area contributed by atoms with E-state index >= 15 is 0 Å². The van der Waals surface area contributed by atoms with E-state index in [-0.39, 0.29) is 0 Å². The molecule has 10 aromatic carbocycles. The predicted molar refractivity (Wildman–Crippen MR) is 225 cm³/mol. The maximum Gasteiger partial charge on any atom is 0.195 e. The van der Waals surface area contributed by atoms with E-state index < -0.39 is 0 Å². The van der Waals surface area contributed by atoms with Crippen LogP contribution in [0.3, 0.4) is 0 Å². The van der Waals surface area contributed by atoms with Crippen LogP contribution in [0.15, 0.2) is 182 Å². The van der Waals surface area contributed by atoms with Gasteiger partial charge in [-0.1, -0.05) is 158 Å². The Morgan fingerprint density at radius 3 is 1.38 bits per heavy atom. The SMILES string of the molecule is [C-]#[N+]c1ccc2c3c1ccc1c(-c4c5ccccc5c(-c5ccc(-c6ccccc6)c6ccccc56)c5ccccc45)ccc(c13)n2-c1ccccc1. The summed E-state index contributed by atoms with van der Waals surface area (Å²) in [5.41, 5.74) is 11.4. The zero-order valence-corrected chi connectivity index (χ0v) is 28.7. The fourth-order valence-corrected chi connectivity index (χ4v) is 9.01. The molecule has 53 heavy (non-hydrogen) atoms. The van der Waals surface area contributed by atoms with Gasteiger partial charge in [0.15, 0.2) is 5.69 Å². The van der Waals surface area contributed by atoms with E-state index in [0.717, 1.165) is 27.5 Å². The first kappa shape index (κ1) is 29.5. The summed E-state index contributed by atoms with van der Waals surface area (Å²) in [6.45, 7) is 8.00. The Morgan fingerprint density at radius 1 is 0.340 bits per heavy atom. The largest absolute Gasteiger partial charge is 0.309 e. The van der Waals surface area contributed by atoms with Gasteiger partial charge in [0.25, 0.3) is 0 Å². The fraction of sp³-hybridized carbons (Fsp3) is 0. The molecule has 0 saturated heterocycles. The molecule has 0 N–H and O–H groups in total. The molecule has 0 amide bonds. The van der Waals surface area contributed by atoms with Crippen LogP contribution in [0.1, 0.15) is 0 Å². The summed E-state index contributed by atoms with van der Waals surface area (Å²) in [6, 6.07) is 65.7. The lowest BCUT2D eigenvalue weighted by Crippen LogP contribution is -1.94. The van der Waals surface area contributed by atoms with Crippen molar-refractivity contribution < 1.29 is 0 Å². The molecule has 2 heteroatoms. The van der Waals surface area contributed by atoms with Gasteiger partial charge in [-0.05, 0) is 101 Å². The minimum absolute atomic E-state index is 0.683. The number of para-hydroxylation sites is 1. The van der Waals surface area contributed by atoms with Crippen molar-refractivity contribution in [1.82, 2.24) is 4.57 Å². The second-order valence-corrected chi connectivity index (χ2v) is 13.8. The van der Waals surface area contributed by atoms with E-state index in [1.165, 1.54) is 76.5 Å². The Bertz CT molecular complexity index is 3220. The van der Waals surface area contributed by atoms with Crippen LogP contribution in [0.4, 0.5) is 5.69 Å². The minimum atomic E-state index is 0.683. The number of hydrogen-bond donors (Lipinski definition) is 0. The van der Waals surface area contributed by atoms with Crippen LogP contribution in [0.25, 0.3) is 109 Å². The quantitative estimate of drug-likeness (QED) is 0.100. The first-order valence-corrected chi connectivity index (χ1v) is 18.1. The summed E-state index contributed by atoms with van der Waals surface area (Å²) in [5, 5.41) is 11.9. The van der Waals surface area contributed by atoms with Crippen molar-refractivity contribution in [3.63, 3.8) is 0 Å². The summed E-state index contributed by atoms with van der Waals surface area (Å²) >= 11 is 0. The van der Waals surface area contributed by atoms with Gasteiger partial charge < -0.3 is 4.57 Å². The maximum absolute atomic E-state index is 8.00. The lowest BCUT2D eigenvalue weighted by molar-refractivity contribution is 1.18. The lowest BCUT2D eigenvalue weighted by atomic mass is 9.82. The highest BCUT2D eigenvalue weighted by atomic mass is 15.0. The van der Waals surface area contributed by atoms with Crippen LogP contribution in [-0.2, 0) is 0 Å². The molecule has 0 bridgehead atoms. The summed E-state index contributed by atoms with van der Waals surface area (Å²) in [7, 11) is 0. The van der Waals surface area contributed by atoms with E-state index in [2.05, 4.69) is 185 Å². The van der Waals surface area contributed by atoms with Crippen LogP contribution in [0.2, 0.25) is 0 Å². The third-order valence-corrected chi connectivity index (χ3v) is 11.2. The number of nitrogens with zero attached hydrogens (tertiary/aromatic N) is 2. The zero-order valence-electron chi connectivity index (χ0n) is 28.7. The van der Waals surface area contributed by atoms with Gasteiger partial charge in [0, 0.05) is 16.5 Å². The topological polar surface area (TPSA) is 9.29 Å². The average Bonchev–Trinajstić information content (AvgIpc) is 3.57. The molecule has 0 aliphatic carbocycles. The molecule has 1 heterocycles. The van der Waals surface area contributed by atoms with Crippen molar-refractivity contribution in [2.45, 2.75) is 0 Å². The van der Waals surface area contributed by atoms with Crippen molar-refractivity contribution >= 4 is 70.6 Å². The van der Waals surface area contributed by atoms with Crippen LogP contribution in [0.5, 0.6) is 0 Å². The predicted octanol–water partition coefficient (Wildman–Crippen LogP) is 14.4. The Balaban J connectivity index is 1.25. The molecule has 244 valence electrons. The molecule has 1 aromatic heterocycles. The summed E-state index contributed by atoms with van der Waals surface area (Å²) < 4.78 is 2.35. The molecule has 0 aliphatic rings. The normalized spacial score (nSPS) is 11.8. The van der Waals surface area contributed by atoms with Crippen LogP contribution in [0, 0.1) is 6.57 Å². The van der Waals surface area contributed by atoms with Gasteiger partial charge in [0.1, 0.15) is 0 Å². The first-order valence-electron chi connectivity index (χ1n) is 18.1. The van der Waals surface area contributed by atoms with Gasteiger partial charge in [-0.15, -0.1) is 0 Å². The molecule has 2 nitrogen and oxygen atoms in total. The molecule has 0 fully saturated rings. The van der Waals surface area contributed by atoms with Crippen molar-refractivity contribution in [3.8, 4) is 39.1 Å². The second kappa shape index (κ2) is 11.4. The molecule has 0 saturated carbocycles. The number of aromatic nitrogens is 1. The Labute approximate surface area is 306 Å². The number of fused-ring (bicyclic) bond motifs is 3. The highest BCUT2D eigenvalue weighted by Gasteiger charge is 2.24. The molecule has 11 aromatic rings. The fourth-order valence-electron chi connectivity index (χ4n) is 9.01.